The number of nitrogens with zero attached hydrogens (tertiary/aromatic N) is 1. The molecule has 2 heterocycles. The van der Waals surface area contributed by atoms with Gasteiger partial charge in [0, 0.05) is 22.0 Å². The van der Waals surface area contributed by atoms with Crippen LogP contribution in [-0.2, 0) is 5.41 Å². The Labute approximate surface area is 201 Å². The Bertz CT molecular complexity index is 1510. The minimum absolute atomic E-state index is 0.0691. The number of anilines is 1. The third-order valence-corrected chi connectivity index (χ3v) is 6.03. The van der Waals surface area contributed by atoms with Crippen molar-refractivity contribution in [1.29, 1.82) is 0 Å². The second kappa shape index (κ2) is 8.25. The van der Waals surface area contributed by atoms with E-state index in [1.807, 2.05) is 30.3 Å². The van der Waals surface area contributed by atoms with E-state index in [9.17, 15) is 0 Å². The normalized spacial score (nSPS) is 12.6. The van der Waals surface area contributed by atoms with Gasteiger partial charge in [-0.3, -0.25) is 0 Å². The number of hydrogen-bond acceptors (Lipinski definition) is 3. The molecule has 0 spiro atoms. The van der Waals surface area contributed by atoms with Gasteiger partial charge in [-0.25, -0.2) is 9.97 Å². The molecular weight excluding hydrogens is 455 g/mol. The summed E-state index contributed by atoms with van der Waals surface area (Å²) >= 11 is 12.8. The van der Waals surface area contributed by atoms with Crippen molar-refractivity contribution in [2.75, 3.05) is 5.43 Å². The molecule has 0 saturated carbocycles. The van der Waals surface area contributed by atoms with Gasteiger partial charge in [-0.15, -0.1) is 5.10 Å². The predicted molar refractivity (Wildman–Crippen MR) is 134 cm³/mol. The predicted octanol–water partition coefficient (Wildman–Crippen LogP) is 6.93. The van der Waals surface area contributed by atoms with Crippen LogP contribution in [0.4, 0.5) is 5.95 Å². The first-order valence-electron chi connectivity index (χ1n) is 10.6. The summed E-state index contributed by atoms with van der Waals surface area (Å²) in [6.45, 7) is 6.57. The molecular formula is C26H23Cl2N4O+. The molecule has 0 saturated heterocycles. The van der Waals surface area contributed by atoms with Crippen LogP contribution in [0.25, 0.3) is 33.3 Å². The average Bonchev–Trinajstić information content (AvgIpc) is 3.20. The standard InChI is InChI=1S/C26H22Cl2N4O/c1-26(2,3)16-10-8-15(9-11-16)23-14-22(18-12-17(27)13-19(28)24(18)33-23)31-32-25-29-20-6-4-5-7-21(20)30-25/h4-14H,1-3H3,(H2,29,30,32)/p+1. The number of aromatic amines is 2. The maximum Gasteiger partial charge on any atom is 0.377 e. The number of H-pyrrole nitrogens is 2. The lowest BCUT2D eigenvalue weighted by atomic mass is 9.86. The summed E-state index contributed by atoms with van der Waals surface area (Å²) in [5, 5.41) is 6.95. The van der Waals surface area contributed by atoms with Gasteiger partial charge in [0.15, 0.2) is 5.58 Å². The number of halogens is 2. The zero-order chi connectivity index (χ0) is 23.2. The SMILES string of the molecule is CC(C)(C)c1ccc(-c2cc(=NNc3[nH]c4ccccc4[nH+]3)c3cc(Cl)cc(Cl)c3o2)cc1. The third-order valence-electron chi connectivity index (χ3n) is 5.53. The fourth-order valence-electron chi connectivity index (χ4n) is 3.74. The molecule has 0 aliphatic rings. The van der Waals surface area contributed by atoms with Gasteiger partial charge in [0.05, 0.1) is 5.02 Å². The number of fused-ring (bicyclic) bond motifs is 2. The van der Waals surface area contributed by atoms with Crippen LogP contribution < -0.4 is 15.8 Å². The topological polar surface area (TPSA) is 67.5 Å². The minimum atomic E-state index is 0.0691. The van der Waals surface area contributed by atoms with Crippen LogP contribution in [0.1, 0.15) is 26.3 Å². The van der Waals surface area contributed by atoms with Crippen LogP contribution in [-0.4, -0.2) is 4.98 Å². The number of para-hydroxylation sites is 2. The molecule has 0 bridgehead atoms. The van der Waals surface area contributed by atoms with E-state index in [0.29, 0.717) is 38.1 Å². The maximum atomic E-state index is 6.50. The first-order chi connectivity index (χ1) is 15.8. The molecule has 0 amide bonds. The van der Waals surface area contributed by atoms with Gasteiger partial charge in [-0.1, -0.05) is 80.4 Å². The quantitative estimate of drug-likeness (QED) is 0.276. The smallest absolute Gasteiger partial charge is 0.377 e. The summed E-state index contributed by atoms with van der Waals surface area (Å²) in [6.07, 6.45) is 0. The van der Waals surface area contributed by atoms with E-state index in [1.165, 1.54) is 5.56 Å². The monoisotopic (exact) mass is 477 g/mol. The van der Waals surface area contributed by atoms with Gasteiger partial charge in [0.1, 0.15) is 22.2 Å². The molecule has 7 heteroatoms. The molecule has 0 radical (unpaired) electrons. The molecule has 5 aromatic rings. The van der Waals surface area contributed by atoms with Gasteiger partial charge in [0.2, 0.25) is 0 Å². The zero-order valence-corrected chi connectivity index (χ0v) is 20.0. The maximum absolute atomic E-state index is 6.50. The number of rotatable bonds is 3. The summed E-state index contributed by atoms with van der Waals surface area (Å²) in [6, 6.07) is 21.6. The summed E-state index contributed by atoms with van der Waals surface area (Å²) in [5.74, 6) is 1.32. The van der Waals surface area contributed by atoms with Crippen LogP contribution in [0.3, 0.4) is 0 Å². The lowest BCUT2D eigenvalue weighted by Gasteiger charge is -2.19. The molecule has 0 aliphatic carbocycles. The first kappa shape index (κ1) is 21.6. The molecule has 3 N–H and O–H groups in total. The van der Waals surface area contributed by atoms with Crippen LogP contribution in [0.15, 0.2) is 76.2 Å². The minimum Gasteiger partial charge on any atom is -0.454 e. The second-order valence-electron chi connectivity index (χ2n) is 8.98. The zero-order valence-electron chi connectivity index (χ0n) is 18.5. The fourth-order valence-corrected chi connectivity index (χ4v) is 4.27. The molecule has 5 nitrogen and oxygen atoms in total. The van der Waals surface area contributed by atoms with Gasteiger partial charge >= 0.3 is 5.95 Å². The van der Waals surface area contributed by atoms with Crippen molar-refractivity contribution in [3.63, 3.8) is 0 Å². The van der Waals surface area contributed by atoms with E-state index in [1.54, 1.807) is 12.1 Å². The van der Waals surface area contributed by atoms with Gasteiger partial charge in [-0.05, 0) is 35.2 Å². The highest BCUT2D eigenvalue weighted by molar-refractivity contribution is 6.38. The van der Waals surface area contributed by atoms with Crippen molar-refractivity contribution < 1.29 is 9.40 Å². The van der Waals surface area contributed by atoms with Crippen LogP contribution in [0, 0.1) is 0 Å². The number of benzene rings is 3. The summed E-state index contributed by atoms with van der Waals surface area (Å²) in [4.78, 5) is 6.53. The van der Waals surface area contributed by atoms with E-state index in [-0.39, 0.29) is 5.41 Å². The largest absolute Gasteiger partial charge is 0.454 e. The Morgan fingerprint density at radius 2 is 1.73 bits per heavy atom. The number of imidazole rings is 1. The van der Waals surface area contributed by atoms with Crippen molar-refractivity contribution in [3.8, 4) is 11.3 Å². The van der Waals surface area contributed by atoms with Crippen molar-refractivity contribution in [1.82, 2.24) is 4.98 Å². The molecule has 0 aliphatic heterocycles. The molecule has 0 fully saturated rings. The molecule has 3 aromatic carbocycles. The molecule has 0 unspecified atom stereocenters. The van der Waals surface area contributed by atoms with E-state index < -0.39 is 0 Å². The van der Waals surface area contributed by atoms with Crippen molar-refractivity contribution in [2.45, 2.75) is 26.2 Å². The van der Waals surface area contributed by atoms with E-state index in [4.69, 9.17) is 27.6 Å². The van der Waals surface area contributed by atoms with Crippen molar-refractivity contribution in [3.05, 3.63) is 87.7 Å². The number of hydrogen-bond donors (Lipinski definition) is 2. The molecule has 5 rings (SSSR count). The Morgan fingerprint density at radius 1 is 0.970 bits per heavy atom. The molecule has 166 valence electrons. The van der Waals surface area contributed by atoms with Crippen LogP contribution in [0.5, 0.6) is 0 Å². The Morgan fingerprint density at radius 3 is 2.45 bits per heavy atom. The Kier molecular flexibility index (Phi) is 5.39. The number of aromatic nitrogens is 2. The van der Waals surface area contributed by atoms with Crippen LogP contribution in [0.2, 0.25) is 10.0 Å². The molecule has 0 atom stereocenters. The van der Waals surface area contributed by atoms with E-state index in [2.05, 4.69) is 65.5 Å². The fraction of sp³-hybridized carbons (Fsp3) is 0.154. The molecule has 2 aromatic heterocycles. The lowest BCUT2D eigenvalue weighted by molar-refractivity contribution is -0.326. The Hall–Kier alpha value is -3.28. The highest BCUT2D eigenvalue weighted by atomic mass is 35.5. The van der Waals surface area contributed by atoms with Gasteiger partial charge < -0.3 is 4.42 Å². The average molecular weight is 478 g/mol. The highest BCUT2D eigenvalue weighted by Gasteiger charge is 2.15. The van der Waals surface area contributed by atoms with Gasteiger partial charge in [-0.2, -0.15) is 5.43 Å². The summed E-state index contributed by atoms with van der Waals surface area (Å²) < 4.78 is 6.21. The lowest BCUT2D eigenvalue weighted by Crippen LogP contribution is -2.12. The third kappa shape index (κ3) is 4.34. The summed E-state index contributed by atoms with van der Waals surface area (Å²) in [5.41, 5.74) is 7.82. The second-order valence-corrected chi connectivity index (χ2v) is 9.83. The Balaban J connectivity index is 1.64. The van der Waals surface area contributed by atoms with Gasteiger partial charge in [0.25, 0.3) is 0 Å². The van der Waals surface area contributed by atoms with Crippen molar-refractivity contribution >= 4 is 51.2 Å². The van der Waals surface area contributed by atoms with E-state index in [0.717, 1.165) is 16.6 Å². The highest BCUT2D eigenvalue weighted by Crippen LogP contribution is 2.31. The summed E-state index contributed by atoms with van der Waals surface area (Å²) in [7, 11) is 0. The van der Waals surface area contributed by atoms with E-state index >= 15 is 0 Å². The first-order valence-corrected chi connectivity index (χ1v) is 11.4. The number of nitrogens with one attached hydrogen (secondary N) is 3. The van der Waals surface area contributed by atoms with Crippen molar-refractivity contribution in [2.24, 2.45) is 5.10 Å². The molecule has 33 heavy (non-hydrogen) atoms. The van der Waals surface area contributed by atoms with Crippen LogP contribution >= 0.6 is 23.2 Å².